The Balaban J connectivity index is 2.16. The second-order valence-electron chi connectivity index (χ2n) is 4.44. The van der Waals surface area contributed by atoms with Crippen LogP contribution in [0.15, 0.2) is 29.3 Å². The predicted molar refractivity (Wildman–Crippen MR) is 88.3 cm³/mol. The number of methoxy groups -OCH3 is 1. The molecule has 0 unspecified atom stereocenters. The number of nitrogens with zero attached hydrogens (tertiary/aromatic N) is 4. The van der Waals surface area contributed by atoms with Crippen molar-refractivity contribution in [1.82, 2.24) is 15.2 Å². The molecule has 0 aliphatic heterocycles. The number of rotatable bonds is 4. The second-order valence-corrected chi connectivity index (χ2v) is 6.61. The fourth-order valence-corrected chi connectivity index (χ4v) is 3.65. The van der Waals surface area contributed by atoms with Gasteiger partial charge in [-0.2, -0.15) is 5.26 Å². The number of hydrogen-bond acceptors (Lipinski definition) is 7. The molecule has 0 aliphatic rings. The molecule has 0 saturated carbocycles. The average Bonchev–Trinajstić information content (AvgIpc) is 2.94. The standard InChI is InChI=1S/C15H12N4OS2/c1-9-17-13-14(22-9)12(18-19-15(13)21-7-6-16)10-4-3-5-11(8-10)20-2/h3-5,8H,7H2,1-2H3. The number of aryl methyl sites for hydroxylation is 1. The first-order valence-electron chi connectivity index (χ1n) is 6.51. The number of nitriles is 1. The highest BCUT2D eigenvalue weighted by molar-refractivity contribution is 7.99. The number of ether oxygens (including phenoxy) is 1. The van der Waals surface area contributed by atoms with Gasteiger partial charge >= 0.3 is 0 Å². The minimum absolute atomic E-state index is 0.332. The van der Waals surface area contributed by atoms with E-state index in [2.05, 4.69) is 21.3 Å². The van der Waals surface area contributed by atoms with Crippen LogP contribution in [-0.4, -0.2) is 28.0 Å². The summed E-state index contributed by atoms with van der Waals surface area (Å²) in [6, 6.07) is 9.83. The lowest BCUT2D eigenvalue weighted by Crippen LogP contribution is -1.93. The Morgan fingerprint density at radius 1 is 1.36 bits per heavy atom. The summed E-state index contributed by atoms with van der Waals surface area (Å²) in [5.74, 6) is 1.11. The van der Waals surface area contributed by atoms with Gasteiger partial charge in [0.05, 0.1) is 28.6 Å². The van der Waals surface area contributed by atoms with Crippen molar-refractivity contribution in [2.75, 3.05) is 12.9 Å². The minimum Gasteiger partial charge on any atom is -0.497 e. The first kappa shape index (κ1) is 14.8. The number of aromatic nitrogens is 3. The van der Waals surface area contributed by atoms with Gasteiger partial charge in [-0.3, -0.25) is 0 Å². The van der Waals surface area contributed by atoms with Crippen LogP contribution in [0.2, 0.25) is 0 Å². The monoisotopic (exact) mass is 328 g/mol. The molecule has 2 heterocycles. The van der Waals surface area contributed by atoms with E-state index in [0.29, 0.717) is 10.8 Å². The summed E-state index contributed by atoms with van der Waals surface area (Å²) in [4.78, 5) is 4.55. The summed E-state index contributed by atoms with van der Waals surface area (Å²) in [7, 11) is 1.64. The third-order valence-corrected chi connectivity index (χ3v) is 4.81. The van der Waals surface area contributed by atoms with Crippen LogP contribution >= 0.6 is 23.1 Å². The number of thiazole rings is 1. The predicted octanol–water partition coefficient (Wildman–Crippen LogP) is 3.69. The van der Waals surface area contributed by atoms with Gasteiger partial charge in [-0.15, -0.1) is 21.5 Å². The quantitative estimate of drug-likeness (QED) is 0.680. The van der Waals surface area contributed by atoms with Crippen molar-refractivity contribution in [3.8, 4) is 23.1 Å². The van der Waals surface area contributed by atoms with Crippen LogP contribution in [0.25, 0.3) is 21.5 Å². The van der Waals surface area contributed by atoms with Gasteiger partial charge in [0, 0.05) is 5.56 Å². The van der Waals surface area contributed by atoms with Crippen molar-refractivity contribution in [3.05, 3.63) is 29.3 Å². The van der Waals surface area contributed by atoms with Crippen molar-refractivity contribution < 1.29 is 4.74 Å². The van der Waals surface area contributed by atoms with Crippen LogP contribution in [0.3, 0.4) is 0 Å². The molecule has 0 atom stereocenters. The van der Waals surface area contributed by atoms with E-state index in [4.69, 9.17) is 10.00 Å². The molecular formula is C15H12N4OS2. The number of thioether (sulfide) groups is 1. The number of benzene rings is 1. The number of fused-ring (bicyclic) bond motifs is 1. The van der Waals surface area contributed by atoms with Crippen LogP contribution in [0.5, 0.6) is 5.75 Å². The van der Waals surface area contributed by atoms with Crippen LogP contribution < -0.4 is 4.74 Å². The summed E-state index contributed by atoms with van der Waals surface area (Å²) in [6.07, 6.45) is 0. The van der Waals surface area contributed by atoms with Gasteiger partial charge in [-0.05, 0) is 19.1 Å². The van der Waals surface area contributed by atoms with E-state index in [-0.39, 0.29) is 0 Å². The van der Waals surface area contributed by atoms with E-state index in [1.165, 1.54) is 11.8 Å². The maximum absolute atomic E-state index is 8.74. The summed E-state index contributed by atoms with van der Waals surface area (Å²) < 4.78 is 6.26. The van der Waals surface area contributed by atoms with Crippen molar-refractivity contribution >= 4 is 33.3 Å². The molecule has 0 fully saturated rings. The summed E-state index contributed by atoms with van der Waals surface area (Å²) in [6.45, 7) is 1.96. The second kappa shape index (κ2) is 6.30. The lowest BCUT2D eigenvalue weighted by Gasteiger charge is -2.05. The molecule has 5 nitrogen and oxygen atoms in total. The maximum atomic E-state index is 8.74. The van der Waals surface area contributed by atoms with Crippen molar-refractivity contribution in [2.45, 2.75) is 11.9 Å². The third kappa shape index (κ3) is 2.75. The van der Waals surface area contributed by atoms with Gasteiger partial charge in [0.2, 0.25) is 0 Å². The van der Waals surface area contributed by atoms with Crippen LogP contribution in [0.4, 0.5) is 0 Å². The molecule has 22 heavy (non-hydrogen) atoms. The zero-order valence-electron chi connectivity index (χ0n) is 12.0. The molecule has 110 valence electrons. The molecular weight excluding hydrogens is 316 g/mol. The Labute approximate surface area is 136 Å². The van der Waals surface area contributed by atoms with Crippen LogP contribution in [-0.2, 0) is 0 Å². The number of hydrogen-bond donors (Lipinski definition) is 0. The Kier molecular flexibility index (Phi) is 4.22. The average molecular weight is 328 g/mol. The Bertz CT molecular complexity index is 870. The van der Waals surface area contributed by atoms with Gasteiger partial charge < -0.3 is 4.74 Å². The Morgan fingerprint density at radius 3 is 3.00 bits per heavy atom. The lowest BCUT2D eigenvalue weighted by molar-refractivity contribution is 0.415. The molecule has 3 rings (SSSR count). The summed E-state index contributed by atoms with van der Waals surface area (Å²) in [5.41, 5.74) is 2.55. The van der Waals surface area contributed by atoms with Gasteiger partial charge in [0.1, 0.15) is 22.0 Å². The van der Waals surface area contributed by atoms with Gasteiger partial charge in [0.25, 0.3) is 0 Å². The van der Waals surface area contributed by atoms with Crippen molar-refractivity contribution in [3.63, 3.8) is 0 Å². The smallest absolute Gasteiger partial charge is 0.147 e. The molecule has 1 aromatic carbocycles. The van der Waals surface area contributed by atoms with Crippen LogP contribution in [0, 0.1) is 18.3 Å². The van der Waals surface area contributed by atoms with E-state index >= 15 is 0 Å². The molecule has 0 saturated heterocycles. The fraction of sp³-hybridized carbons (Fsp3) is 0.200. The zero-order valence-corrected chi connectivity index (χ0v) is 13.7. The van der Waals surface area contributed by atoms with Crippen molar-refractivity contribution in [2.24, 2.45) is 0 Å². The molecule has 0 radical (unpaired) electrons. The molecule has 0 bridgehead atoms. The maximum Gasteiger partial charge on any atom is 0.147 e. The highest BCUT2D eigenvalue weighted by Gasteiger charge is 2.16. The zero-order chi connectivity index (χ0) is 15.5. The molecule has 0 aliphatic carbocycles. The molecule has 0 spiro atoms. The first-order chi connectivity index (χ1) is 10.7. The van der Waals surface area contributed by atoms with E-state index in [1.54, 1.807) is 18.4 Å². The van der Waals surface area contributed by atoms with E-state index in [0.717, 1.165) is 32.2 Å². The topological polar surface area (TPSA) is 71.7 Å². The lowest BCUT2D eigenvalue weighted by atomic mass is 10.1. The molecule has 0 N–H and O–H groups in total. The largest absolute Gasteiger partial charge is 0.497 e. The highest BCUT2D eigenvalue weighted by atomic mass is 32.2. The van der Waals surface area contributed by atoms with Crippen LogP contribution in [0.1, 0.15) is 5.01 Å². The van der Waals surface area contributed by atoms with Gasteiger partial charge in [-0.1, -0.05) is 23.9 Å². The molecule has 0 amide bonds. The fourth-order valence-electron chi connectivity index (χ4n) is 2.08. The minimum atomic E-state index is 0.332. The third-order valence-electron chi connectivity index (χ3n) is 3.01. The van der Waals surface area contributed by atoms with Gasteiger partial charge in [0.15, 0.2) is 0 Å². The first-order valence-corrected chi connectivity index (χ1v) is 8.31. The van der Waals surface area contributed by atoms with Gasteiger partial charge in [-0.25, -0.2) is 4.98 Å². The normalized spacial score (nSPS) is 10.6. The summed E-state index contributed by atoms with van der Waals surface area (Å²) >= 11 is 2.94. The Morgan fingerprint density at radius 2 is 2.23 bits per heavy atom. The summed E-state index contributed by atoms with van der Waals surface area (Å²) in [5, 5.41) is 19.0. The van der Waals surface area contributed by atoms with Crippen molar-refractivity contribution in [1.29, 1.82) is 5.26 Å². The molecule has 3 aromatic rings. The van der Waals surface area contributed by atoms with E-state index in [9.17, 15) is 0 Å². The Hall–Kier alpha value is -2.17. The van der Waals surface area contributed by atoms with E-state index in [1.807, 2.05) is 31.2 Å². The SMILES string of the molecule is COc1cccc(-c2nnc(SCC#N)c3nc(C)sc23)c1. The van der Waals surface area contributed by atoms with E-state index < -0.39 is 0 Å². The highest BCUT2D eigenvalue weighted by Crippen LogP contribution is 2.35. The molecule has 2 aromatic heterocycles. The molecule has 7 heteroatoms.